The van der Waals surface area contributed by atoms with E-state index in [4.69, 9.17) is 9.47 Å². The summed E-state index contributed by atoms with van der Waals surface area (Å²) in [6.07, 6.45) is -5.37. The smallest absolute Gasteiger partial charge is 0.338 e. The average molecular weight is 398 g/mol. The summed E-state index contributed by atoms with van der Waals surface area (Å²) in [5, 5.41) is 54.9. The third-order valence-corrected chi connectivity index (χ3v) is 7.85. The Morgan fingerprint density at radius 2 is 1.86 bits per heavy atom. The van der Waals surface area contributed by atoms with Gasteiger partial charge in [0.05, 0.1) is 24.2 Å². The monoisotopic (exact) mass is 398 g/mol. The molecule has 2 heterocycles. The molecule has 3 fully saturated rings. The van der Waals surface area contributed by atoms with E-state index in [9.17, 15) is 35.1 Å². The van der Waals surface area contributed by atoms with Gasteiger partial charge in [0.1, 0.15) is 17.8 Å². The van der Waals surface area contributed by atoms with Crippen molar-refractivity contribution in [1.29, 1.82) is 0 Å². The van der Waals surface area contributed by atoms with Crippen LogP contribution in [0.4, 0.5) is 0 Å². The lowest BCUT2D eigenvalue weighted by atomic mass is 9.47. The van der Waals surface area contributed by atoms with Gasteiger partial charge in [-0.25, -0.2) is 9.59 Å². The van der Waals surface area contributed by atoms with E-state index in [2.05, 4.69) is 0 Å². The Bertz CT molecular complexity index is 765. The topological polar surface area (TPSA) is 154 Å². The lowest BCUT2D eigenvalue weighted by molar-refractivity contribution is -0.329. The Hall–Kier alpha value is -1.52. The first kappa shape index (κ1) is 19.8. The highest BCUT2D eigenvalue weighted by Gasteiger charge is 2.81. The Morgan fingerprint density at radius 3 is 2.39 bits per heavy atom. The molecule has 2 aliphatic heterocycles. The maximum atomic E-state index is 12.2. The van der Waals surface area contributed by atoms with Gasteiger partial charge in [-0.05, 0) is 18.9 Å². The third-order valence-electron chi connectivity index (χ3n) is 7.85. The van der Waals surface area contributed by atoms with Gasteiger partial charge in [-0.2, -0.15) is 0 Å². The second-order valence-electron chi connectivity index (χ2n) is 9.02. The molecule has 0 radical (unpaired) electrons. The van der Waals surface area contributed by atoms with Crippen molar-refractivity contribution >= 4 is 11.9 Å². The lowest BCUT2D eigenvalue weighted by Crippen LogP contribution is -2.80. The van der Waals surface area contributed by atoms with Gasteiger partial charge in [-0.15, -0.1) is 0 Å². The standard InChI is InChI=1S/C19H26O9/c1-7-4-10(22)27-15(7)17(3)5-9(21)18(6-20)13(17)11(23)12-8(2)19(18,26)14(24)16(25)28-12/h4,8-9,11-15,20-21,23-24,26H,5-6H2,1-3H3/t8-,9+,11-,12?,13?,14-,15-,17-,18+,19-/m0/s1. The minimum absolute atomic E-state index is 0.0267. The molecule has 2 saturated carbocycles. The molecule has 0 spiro atoms. The molecule has 4 rings (SSSR count). The first-order valence-corrected chi connectivity index (χ1v) is 9.43. The maximum Gasteiger partial charge on any atom is 0.338 e. The van der Waals surface area contributed by atoms with Crippen molar-refractivity contribution in [3.8, 4) is 0 Å². The van der Waals surface area contributed by atoms with Crippen LogP contribution in [0.3, 0.4) is 0 Å². The van der Waals surface area contributed by atoms with E-state index in [0.29, 0.717) is 5.57 Å². The van der Waals surface area contributed by atoms with Crippen LogP contribution < -0.4 is 0 Å². The van der Waals surface area contributed by atoms with Gasteiger partial charge in [-0.3, -0.25) is 0 Å². The summed E-state index contributed by atoms with van der Waals surface area (Å²) in [7, 11) is 0. The van der Waals surface area contributed by atoms with Crippen LogP contribution >= 0.6 is 0 Å². The number of fused-ring (bicyclic) bond motifs is 4. The predicted molar refractivity (Wildman–Crippen MR) is 91.4 cm³/mol. The zero-order chi connectivity index (χ0) is 20.8. The van der Waals surface area contributed by atoms with Crippen LogP contribution in [0.25, 0.3) is 0 Å². The van der Waals surface area contributed by atoms with Crippen LogP contribution in [0.2, 0.25) is 0 Å². The Kier molecular flexibility index (Phi) is 4.07. The summed E-state index contributed by atoms with van der Waals surface area (Å²) in [5.74, 6) is -3.63. The quantitative estimate of drug-likeness (QED) is 0.341. The molecule has 9 nitrogen and oxygen atoms in total. The highest BCUT2D eigenvalue weighted by molar-refractivity contribution is 5.86. The fraction of sp³-hybridized carbons (Fsp3) is 0.789. The van der Waals surface area contributed by atoms with Gasteiger partial charge in [0.15, 0.2) is 6.10 Å². The maximum absolute atomic E-state index is 12.2. The highest BCUT2D eigenvalue weighted by Crippen LogP contribution is 2.69. The summed E-state index contributed by atoms with van der Waals surface area (Å²) in [4.78, 5) is 24.0. The first-order chi connectivity index (χ1) is 13.0. The molecular formula is C19H26O9. The van der Waals surface area contributed by atoms with Crippen molar-refractivity contribution in [2.24, 2.45) is 22.7 Å². The van der Waals surface area contributed by atoms with Crippen molar-refractivity contribution in [3.05, 3.63) is 11.6 Å². The molecule has 1 saturated heterocycles. The van der Waals surface area contributed by atoms with E-state index < -0.39 is 77.3 Å². The number of carbonyl (C=O) groups is 2. The molecule has 9 heteroatoms. The number of rotatable bonds is 2. The molecule has 4 aliphatic rings. The molecule has 0 aromatic rings. The zero-order valence-corrected chi connectivity index (χ0v) is 15.9. The van der Waals surface area contributed by atoms with E-state index in [-0.39, 0.29) is 6.42 Å². The predicted octanol–water partition coefficient (Wildman–Crippen LogP) is -1.75. The van der Waals surface area contributed by atoms with Crippen LogP contribution in [0, 0.1) is 22.7 Å². The molecular weight excluding hydrogens is 372 g/mol. The highest BCUT2D eigenvalue weighted by atomic mass is 16.6. The number of hydrogen-bond donors (Lipinski definition) is 5. The molecule has 10 atom stereocenters. The van der Waals surface area contributed by atoms with E-state index in [1.54, 1.807) is 13.8 Å². The van der Waals surface area contributed by atoms with Crippen LogP contribution in [0.1, 0.15) is 27.2 Å². The van der Waals surface area contributed by atoms with Gasteiger partial charge in [0.25, 0.3) is 0 Å². The summed E-state index contributed by atoms with van der Waals surface area (Å²) in [6.45, 7) is 4.10. The second-order valence-corrected chi connectivity index (χ2v) is 9.02. The minimum Gasteiger partial charge on any atom is -0.457 e. The molecule has 2 bridgehead atoms. The Labute approximate surface area is 161 Å². The number of aliphatic hydroxyl groups is 5. The molecule has 0 aromatic carbocycles. The third kappa shape index (κ3) is 1.94. The van der Waals surface area contributed by atoms with Gasteiger partial charge >= 0.3 is 11.9 Å². The van der Waals surface area contributed by atoms with Crippen LogP contribution in [-0.2, 0) is 19.1 Å². The van der Waals surface area contributed by atoms with Crippen molar-refractivity contribution in [2.45, 2.75) is 63.3 Å². The van der Waals surface area contributed by atoms with Gasteiger partial charge < -0.3 is 35.0 Å². The van der Waals surface area contributed by atoms with Crippen molar-refractivity contribution in [2.75, 3.05) is 6.61 Å². The molecule has 0 amide bonds. The fourth-order valence-electron chi connectivity index (χ4n) is 6.71. The molecule has 2 unspecified atom stereocenters. The van der Waals surface area contributed by atoms with Gasteiger partial charge in [0.2, 0.25) is 0 Å². The average Bonchev–Trinajstić information content (AvgIpc) is 3.09. The number of ether oxygens (including phenoxy) is 2. The molecule has 0 aromatic heterocycles. The normalized spacial score (nSPS) is 55.4. The van der Waals surface area contributed by atoms with Crippen LogP contribution in [-0.4, -0.2) is 80.2 Å². The number of cyclic esters (lactones) is 1. The van der Waals surface area contributed by atoms with E-state index in [1.807, 2.05) is 0 Å². The Morgan fingerprint density at radius 1 is 1.21 bits per heavy atom. The van der Waals surface area contributed by atoms with Gasteiger partial charge in [0, 0.05) is 23.3 Å². The minimum atomic E-state index is -2.23. The van der Waals surface area contributed by atoms with Crippen LogP contribution in [0.15, 0.2) is 11.6 Å². The fourth-order valence-corrected chi connectivity index (χ4v) is 6.71. The number of hydrogen-bond acceptors (Lipinski definition) is 9. The molecule has 2 aliphatic carbocycles. The Balaban J connectivity index is 1.93. The van der Waals surface area contributed by atoms with E-state index in [0.717, 1.165) is 0 Å². The number of esters is 2. The summed E-state index contributed by atoms with van der Waals surface area (Å²) in [6, 6.07) is 0. The molecule has 156 valence electrons. The molecule has 5 N–H and O–H groups in total. The lowest BCUT2D eigenvalue weighted by Gasteiger charge is -2.64. The van der Waals surface area contributed by atoms with Gasteiger partial charge in [-0.1, -0.05) is 13.8 Å². The number of carbonyl (C=O) groups excluding carboxylic acids is 2. The van der Waals surface area contributed by atoms with E-state index >= 15 is 0 Å². The largest absolute Gasteiger partial charge is 0.457 e. The van der Waals surface area contributed by atoms with E-state index in [1.165, 1.54) is 13.0 Å². The SMILES string of the molecule is CC1=CC(=O)O[C@@H]1[C@@]1(C)C[C@@H](O)[C@]2(CO)C1[C@@H](O)C1OC(=O)[C@H](O)[C@@]2(O)[C@H]1C. The number of aliphatic hydroxyl groups excluding tert-OH is 4. The summed E-state index contributed by atoms with van der Waals surface area (Å²) < 4.78 is 10.6. The summed E-state index contributed by atoms with van der Waals surface area (Å²) in [5.41, 5.74) is -4.53. The summed E-state index contributed by atoms with van der Waals surface area (Å²) >= 11 is 0. The zero-order valence-electron chi connectivity index (χ0n) is 15.9. The first-order valence-electron chi connectivity index (χ1n) is 9.43. The van der Waals surface area contributed by atoms with Crippen LogP contribution in [0.5, 0.6) is 0 Å². The van der Waals surface area contributed by atoms with Crippen molar-refractivity contribution < 1.29 is 44.6 Å². The molecule has 28 heavy (non-hydrogen) atoms. The van der Waals surface area contributed by atoms with Crippen molar-refractivity contribution in [3.63, 3.8) is 0 Å². The second kappa shape index (κ2) is 5.76. The van der Waals surface area contributed by atoms with Crippen molar-refractivity contribution in [1.82, 2.24) is 0 Å².